The fraction of sp³-hybridized carbons (Fsp3) is 0.133. The SMILES string of the molecule is Cc1cc(Br)c(OC(=O)Nc2cc(Cl)ccc2Cl)cc1C. The predicted octanol–water partition coefficient (Wildman–Crippen LogP) is 5.98. The summed E-state index contributed by atoms with van der Waals surface area (Å²) in [5.41, 5.74) is 2.53. The zero-order valence-electron chi connectivity index (χ0n) is 11.3. The monoisotopic (exact) mass is 387 g/mol. The van der Waals surface area contributed by atoms with Crippen LogP contribution < -0.4 is 10.1 Å². The van der Waals surface area contributed by atoms with E-state index in [1.165, 1.54) is 0 Å². The van der Waals surface area contributed by atoms with Gasteiger partial charge in [-0.1, -0.05) is 23.2 Å². The number of carbonyl (C=O) groups excluding carboxylic acids is 1. The molecule has 2 rings (SSSR count). The first-order chi connectivity index (χ1) is 9.86. The van der Waals surface area contributed by atoms with E-state index >= 15 is 0 Å². The molecule has 0 atom stereocenters. The highest BCUT2D eigenvalue weighted by atomic mass is 79.9. The van der Waals surface area contributed by atoms with Crippen molar-refractivity contribution in [2.45, 2.75) is 13.8 Å². The van der Waals surface area contributed by atoms with Crippen LogP contribution in [-0.2, 0) is 0 Å². The Morgan fingerprint density at radius 1 is 1.14 bits per heavy atom. The molecule has 2 aromatic carbocycles. The molecule has 0 radical (unpaired) electrons. The number of hydrogen-bond acceptors (Lipinski definition) is 2. The van der Waals surface area contributed by atoms with Crippen molar-refractivity contribution in [2.75, 3.05) is 5.32 Å². The van der Waals surface area contributed by atoms with E-state index in [4.69, 9.17) is 27.9 Å². The summed E-state index contributed by atoms with van der Waals surface area (Å²) in [6.45, 7) is 3.93. The number of ether oxygens (including phenoxy) is 1. The number of hydrogen-bond donors (Lipinski definition) is 1. The molecule has 0 saturated heterocycles. The zero-order chi connectivity index (χ0) is 15.6. The van der Waals surface area contributed by atoms with E-state index in [1.54, 1.807) is 24.3 Å². The Morgan fingerprint density at radius 3 is 2.52 bits per heavy atom. The van der Waals surface area contributed by atoms with E-state index in [9.17, 15) is 4.79 Å². The molecule has 0 aliphatic carbocycles. The van der Waals surface area contributed by atoms with Gasteiger partial charge in [-0.2, -0.15) is 0 Å². The second-order valence-corrected chi connectivity index (χ2v) is 6.20. The van der Waals surface area contributed by atoms with Gasteiger partial charge in [0.25, 0.3) is 0 Å². The highest BCUT2D eigenvalue weighted by Gasteiger charge is 2.12. The average Bonchev–Trinajstić information content (AvgIpc) is 2.40. The Balaban J connectivity index is 2.15. The first-order valence-corrected chi connectivity index (χ1v) is 7.62. The Morgan fingerprint density at radius 2 is 1.81 bits per heavy atom. The summed E-state index contributed by atoms with van der Waals surface area (Å²) < 4.78 is 5.99. The van der Waals surface area contributed by atoms with Gasteiger partial charge in [-0.25, -0.2) is 4.79 Å². The summed E-state index contributed by atoms with van der Waals surface area (Å²) in [5, 5.41) is 3.42. The fourth-order valence-corrected chi connectivity index (χ4v) is 2.54. The molecule has 6 heteroatoms. The number of benzene rings is 2. The van der Waals surface area contributed by atoms with Gasteiger partial charge >= 0.3 is 6.09 Å². The molecule has 0 saturated carbocycles. The van der Waals surface area contributed by atoms with Gasteiger partial charge in [-0.15, -0.1) is 0 Å². The van der Waals surface area contributed by atoms with Crippen molar-refractivity contribution in [1.82, 2.24) is 0 Å². The van der Waals surface area contributed by atoms with Gasteiger partial charge in [0, 0.05) is 5.02 Å². The largest absolute Gasteiger partial charge is 0.417 e. The van der Waals surface area contributed by atoms with Crippen LogP contribution >= 0.6 is 39.1 Å². The molecule has 3 nitrogen and oxygen atoms in total. The molecule has 1 amide bonds. The normalized spacial score (nSPS) is 10.3. The number of halogens is 3. The quantitative estimate of drug-likeness (QED) is 0.686. The number of amides is 1. The molecule has 0 unspecified atom stereocenters. The number of nitrogens with one attached hydrogen (secondary N) is 1. The smallest absolute Gasteiger partial charge is 0.409 e. The highest BCUT2D eigenvalue weighted by Crippen LogP contribution is 2.29. The lowest BCUT2D eigenvalue weighted by molar-refractivity contribution is 0.215. The van der Waals surface area contributed by atoms with E-state index in [1.807, 2.05) is 19.9 Å². The maximum atomic E-state index is 11.9. The summed E-state index contributed by atoms with van der Waals surface area (Å²) in [6, 6.07) is 8.48. The highest BCUT2D eigenvalue weighted by molar-refractivity contribution is 9.10. The molecule has 0 bridgehead atoms. The summed E-state index contributed by atoms with van der Waals surface area (Å²) in [7, 11) is 0. The molecular weight excluding hydrogens is 377 g/mol. The van der Waals surface area contributed by atoms with Crippen LogP contribution in [0.25, 0.3) is 0 Å². The molecule has 0 spiro atoms. The van der Waals surface area contributed by atoms with Crippen molar-refractivity contribution >= 4 is 50.9 Å². The lowest BCUT2D eigenvalue weighted by Gasteiger charge is -2.11. The number of aryl methyl sites for hydroxylation is 2. The fourth-order valence-electron chi connectivity index (χ4n) is 1.66. The van der Waals surface area contributed by atoms with Crippen molar-refractivity contribution in [2.24, 2.45) is 0 Å². The molecule has 21 heavy (non-hydrogen) atoms. The Bertz CT molecular complexity index is 704. The van der Waals surface area contributed by atoms with E-state index in [2.05, 4.69) is 21.2 Å². The summed E-state index contributed by atoms with van der Waals surface area (Å²) in [6.07, 6.45) is -0.636. The first kappa shape index (κ1) is 16.1. The topological polar surface area (TPSA) is 38.3 Å². The number of rotatable bonds is 2. The van der Waals surface area contributed by atoms with Gasteiger partial charge in [0.05, 0.1) is 15.2 Å². The van der Waals surface area contributed by atoms with E-state index in [-0.39, 0.29) is 0 Å². The Labute approximate surface area is 141 Å². The van der Waals surface area contributed by atoms with E-state index in [0.717, 1.165) is 11.1 Å². The van der Waals surface area contributed by atoms with Crippen LogP contribution in [0, 0.1) is 13.8 Å². The Hall–Kier alpha value is -1.23. The summed E-state index contributed by atoms with van der Waals surface area (Å²) in [4.78, 5) is 11.9. The standard InChI is InChI=1S/C15H12BrCl2NO2/c1-8-5-11(16)14(6-9(8)2)21-15(20)19-13-7-10(17)3-4-12(13)18/h3-7H,1-2H3,(H,19,20). The molecule has 0 aliphatic rings. The lowest BCUT2D eigenvalue weighted by Crippen LogP contribution is -2.17. The van der Waals surface area contributed by atoms with Crippen molar-refractivity contribution in [3.8, 4) is 5.75 Å². The number of anilines is 1. The Kier molecular flexibility index (Phi) is 5.14. The first-order valence-electron chi connectivity index (χ1n) is 6.07. The minimum Gasteiger partial charge on any atom is -0.409 e. The minimum atomic E-state index is -0.636. The van der Waals surface area contributed by atoms with Crippen molar-refractivity contribution in [3.63, 3.8) is 0 Å². The van der Waals surface area contributed by atoms with Gasteiger partial charge in [-0.05, 0) is 71.2 Å². The molecule has 0 aromatic heterocycles. The van der Waals surface area contributed by atoms with Gasteiger partial charge in [-0.3, -0.25) is 5.32 Å². The van der Waals surface area contributed by atoms with Crippen molar-refractivity contribution in [1.29, 1.82) is 0 Å². The van der Waals surface area contributed by atoms with Crippen LogP contribution in [0.2, 0.25) is 10.0 Å². The third kappa shape index (κ3) is 4.13. The van der Waals surface area contributed by atoms with Crippen LogP contribution in [0.4, 0.5) is 10.5 Å². The third-order valence-corrected chi connectivity index (χ3v) is 4.10. The van der Waals surface area contributed by atoms with Crippen LogP contribution in [0.15, 0.2) is 34.8 Å². The summed E-state index contributed by atoms with van der Waals surface area (Å²) >= 11 is 15.2. The predicted molar refractivity (Wildman–Crippen MR) is 89.7 cm³/mol. The van der Waals surface area contributed by atoms with E-state index < -0.39 is 6.09 Å². The van der Waals surface area contributed by atoms with Crippen LogP contribution in [-0.4, -0.2) is 6.09 Å². The van der Waals surface area contributed by atoms with E-state index in [0.29, 0.717) is 26.0 Å². The lowest BCUT2D eigenvalue weighted by atomic mass is 10.1. The molecule has 2 aromatic rings. The van der Waals surface area contributed by atoms with Gasteiger partial charge in [0.1, 0.15) is 5.75 Å². The second-order valence-electron chi connectivity index (χ2n) is 4.51. The average molecular weight is 389 g/mol. The third-order valence-electron chi connectivity index (χ3n) is 2.92. The van der Waals surface area contributed by atoms with Gasteiger partial charge < -0.3 is 4.74 Å². The number of carbonyl (C=O) groups is 1. The minimum absolute atomic E-state index is 0.385. The maximum absolute atomic E-state index is 11.9. The molecule has 0 aliphatic heterocycles. The molecule has 0 heterocycles. The van der Waals surface area contributed by atoms with Crippen molar-refractivity contribution < 1.29 is 9.53 Å². The molecule has 1 N–H and O–H groups in total. The maximum Gasteiger partial charge on any atom is 0.417 e. The zero-order valence-corrected chi connectivity index (χ0v) is 14.4. The van der Waals surface area contributed by atoms with Gasteiger partial charge in [0.2, 0.25) is 0 Å². The van der Waals surface area contributed by atoms with Gasteiger partial charge in [0.15, 0.2) is 0 Å². The van der Waals surface area contributed by atoms with Crippen LogP contribution in [0.1, 0.15) is 11.1 Å². The van der Waals surface area contributed by atoms with Crippen LogP contribution in [0.3, 0.4) is 0 Å². The molecular formula is C15H12BrCl2NO2. The second kappa shape index (κ2) is 6.69. The van der Waals surface area contributed by atoms with Crippen LogP contribution in [0.5, 0.6) is 5.75 Å². The molecule has 110 valence electrons. The summed E-state index contributed by atoms with van der Waals surface area (Å²) in [5.74, 6) is 0.439. The van der Waals surface area contributed by atoms with Crippen molar-refractivity contribution in [3.05, 3.63) is 56.0 Å². The molecule has 0 fully saturated rings.